The predicted octanol–water partition coefficient (Wildman–Crippen LogP) is 2.30. The second-order valence-electron chi connectivity index (χ2n) is 8.66. The Morgan fingerprint density at radius 1 is 1.25 bits per heavy atom. The van der Waals surface area contributed by atoms with E-state index in [1.54, 1.807) is 4.68 Å². The van der Waals surface area contributed by atoms with Crippen molar-refractivity contribution in [2.24, 2.45) is 0 Å². The number of aryl methyl sites for hydroxylation is 1. The SMILES string of the molecule is O=C(Nc1ccc(F)cc1)N[C@@H]1CC[C@@H](CCn2cc(C3(O)CCCC3)nn2)O[C@H]1CO. The first kappa shape index (κ1) is 22.6. The van der Waals surface area contributed by atoms with Gasteiger partial charge in [0.05, 0.1) is 24.9 Å². The van der Waals surface area contributed by atoms with Crippen molar-refractivity contribution in [3.63, 3.8) is 0 Å². The van der Waals surface area contributed by atoms with Crippen molar-refractivity contribution < 1.29 is 24.1 Å². The molecule has 2 amide bonds. The Morgan fingerprint density at radius 2 is 2.00 bits per heavy atom. The number of benzene rings is 1. The summed E-state index contributed by atoms with van der Waals surface area (Å²) < 4.78 is 20.7. The number of hydrogen-bond acceptors (Lipinski definition) is 6. The second-order valence-corrected chi connectivity index (χ2v) is 8.66. The van der Waals surface area contributed by atoms with E-state index in [1.165, 1.54) is 24.3 Å². The van der Waals surface area contributed by atoms with Crippen molar-refractivity contribution >= 4 is 11.7 Å². The van der Waals surface area contributed by atoms with Gasteiger partial charge in [0.15, 0.2) is 0 Å². The Balaban J connectivity index is 1.25. The van der Waals surface area contributed by atoms with Gasteiger partial charge in [0, 0.05) is 12.2 Å². The zero-order chi connectivity index (χ0) is 22.6. The van der Waals surface area contributed by atoms with Crippen LogP contribution in [0.1, 0.15) is 50.6 Å². The van der Waals surface area contributed by atoms with Crippen molar-refractivity contribution in [1.82, 2.24) is 20.3 Å². The lowest BCUT2D eigenvalue weighted by atomic mass is 9.97. The molecule has 3 atom stereocenters. The Bertz CT molecular complexity index is 900. The molecule has 0 spiro atoms. The lowest BCUT2D eigenvalue weighted by Gasteiger charge is -2.36. The van der Waals surface area contributed by atoms with Gasteiger partial charge in [-0.15, -0.1) is 5.10 Å². The monoisotopic (exact) mass is 447 g/mol. The Hall–Kier alpha value is -2.56. The molecular formula is C22H30FN5O4. The summed E-state index contributed by atoms with van der Waals surface area (Å²) in [6.45, 7) is 0.382. The summed E-state index contributed by atoms with van der Waals surface area (Å²) in [4.78, 5) is 12.3. The largest absolute Gasteiger partial charge is 0.394 e. The summed E-state index contributed by atoms with van der Waals surface area (Å²) in [7, 11) is 0. The minimum Gasteiger partial charge on any atom is -0.394 e. The number of rotatable bonds is 7. The predicted molar refractivity (Wildman–Crippen MR) is 114 cm³/mol. The number of carbonyl (C=O) groups excluding carboxylic acids is 1. The second kappa shape index (κ2) is 9.93. The number of halogens is 1. The molecule has 32 heavy (non-hydrogen) atoms. The van der Waals surface area contributed by atoms with E-state index in [4.69, 9.17) is 4.74 Å². The number of aromatic nitrogens is 3. The van der Waals surface area contributed by atoms with Gasteiger partial charge < -0.3 is 25.6 Å². The summed E-state index contributed by atoms with van der Waals surface area (Å²) in [6.07, 6.45) is 6.73. The van der Waals surface area contributed by atoms with Crippen molar-refractivity contribution in [3.8, 4) is 0 Å². The van der Waals surface area contributed by atoms with Gasteiger partial charge in [-0.25, -0.2) is 9.18 Å². The zero-order valence-electron chi connectivity index (χ0n) is 17.9. The molecule has 10 heteroatoms. The molecule has 174 valence electrons. The fraction of sp³-hybridized carbons (Fsp3) is 0.591. The third kappa shape index (κ3) is 5.43. The lowest BCUT2D eigenvalue weighted by molar-refractivity contribution is -0.0905. The van der Waals surface area contributed by atoms with E-state index in [9.17, 15) is 19.4 Å². The lowest BCUT2D eigenvalue weighted by Crippen LogP contribution is -2.52. The van der Waals surface area contributed by atoms with Crippen LogP contribution in [0.15, 0.2) is 30.5 Å². The summed E-state index contributed by atoms with van der Waals surface area (Å²) in [5.74, 6) is -0.375. The molecule has 1 aromatic carbocycles. The average Bonchev–Trinajstić information content (AvgIpc) is 3.45. The smallest absolute Gasteiger partial charge is 0.319 e. The molecule has 1 saturated carbocycles. The molecule has 1 aromatic heterocycles. The van der Waals surface area contributed by atoms with Crippen LogP contribution >= 0.6 is 0 Å². The van der Waals surface area contributed by atoms with Crippen LogP contribution in [0.3, 0.4) is 0 Å². The molecule has 2 aromatic rings. The molecule has 2 aliphatic rings. The number of anilines is 1. The van der Waals surface area contributed by atoms with Crippen LogP contribution in [0.25, 0.3) is 0 Å². The van der Waals surface area contributed by atoms with Crippen LogP contribution in [0.2, 0.25) is 0 Å². The molecule has 1 aliphatic heterocycles. The highest BCUT2D eigenvalue weighted by molar-refractivity contribution is 5.89. The quantitative estimate of drug-likeness (QED) is 0.517. The Labute approximate surface area is 186 Å². The van der Waals surface area contributed by atoms with Gasteiger partial charge in [-0.1, -0.05) is 18.1 Å². The van der Waals surface area contributed by atoms with Crippen LogP contribution in [0.5, 0.6) is 0 Å². The molecule has 0 bridgehead atoms. The molecule has 2 fully saturated rings. The highest BCUT2D eigenvalue weighted by Crippen LogP contribution is 2.37. The zero-order valence-corrected chi connectivity index (χ0v) is 17.9. The van der Waals surface area contributed by atoms with Gasteiger partial charge in [-0.05, 0) is 56.4 Å². The summed E-state index contributed by atoms with van der Waals surface area (Å²) in [6, 6.07) is 4.74. The van der Waals surface area contributed by atoms with E-state index >= 15 is 0 Å². The maximum Gasteiger partial charge on any atom is 0.319 e. The van der Waals surface area contributed by atoms with Gasteiger partial charge in [0.1, 0.15) is 23.2 Å². The molecule has 1 saturated heterocycles. The first-order valence-electron chi connectivity index (χ1n) is 11.2. The molecule has 4 N–H and O–H groups in total. The average molecular weight is 448 g/mol. The number of aliphatic hydroxyl groups excluding tert-OH is 1. The van der Waals surface area contributed by atoms with Gasteiger partial charge >= 0.3 is 6.03 Å². The van der Waals surface area contributed by atoms with Gasteiger partial charge in [-0.2, -0.15) is 0 Å². The summed E-state index contributed by atoms with van der Waals surface area (Å²) in [5, 5.41) is 34.2. The fourth-order valence-electron chi connectivity index (χ4n) is 4.49. The first-order chi connectivity index (χ1) is 15.4. The topological polar surface area (TPSA) is 122 Å². The van der Waals surface area contributed by atoms with Crippen molar-refractivity contribution in [2.75, 3.05) is 11.9 Å². The van der Waals surface area contributed by atoms with E-state index in [2.05, 4.69) is 20.9 Å². The number of urea groups is 1. The normalized spacial score (nSPS) is 24.9. The summed E-state index contributed by atoms with van der Waals surface area (Å²) >= 11 is 0. The third-order valence-electron chi connectivity index (χ3n) is 6.34. The number of ether oxygens (including phenoxy) is 1. The molecule has 4 rings (SSSR count). The van der Waals surface area contributed by atoms with Crippen LogP contribution in [0, 0.1) is 5.82 Å². The van der Waals surface area contributed by atoms with Gasteiger partial charge in [-0.3, -0.25) is 4.68 Å². The minimum atomic E-state index is -0.852. The maximum atomic E-state index is 13.0. The minimum absolute atomic E-state index is 0.0763. The van der Waals surface area contributed by atoms with Crippen LogP contribution in [-0.2, 0) is 16.9 Å². The molecule has 9 nitrogen and oxygen atoms in total. The number of nitrogens with one attached hydrogen (secondary N) is 2. The van der Waals surface area contributed by atoms with Crippen LogP contribution in [0.4, 0.5) is 14.9 Å². The van der Waals surface area contributed by atoms with Gasteiger partial charge in [0.2, 0.25) is 0 Å². The third-order valence-corrected chi connectivity index (χ3v) is 6.34. The summed E-state index contributed by atoms with van der Waals surface area (Å²) in [5.41, 5.74) is 0.257. The van der Waals surface area contributed by atoms with E-state index in [-0.39, 0.29) is 24.6 Å². The maximum absolute atomic E-state index is 13.0. The van der Waals surface area contributed by atoms with Crippen molar-refractivity contribution in [2.45, 2.75) is 75.3 Å². The highest BCUT2D eigenvalue weighted by Gasteiger charge is 2.36. The standard InChI is InChI=1S/C22H30FN5O4/c23-15-3-5-16(6-4-15)24-21(30)25-18-8-7-17(32-19(18)14-29)9-12-28-13-20(26-27-28)22(31)10-1-2-11-22/h3-6,13,17-19,29,31H,1-2,7-12,14H2,(H2,24,25,30)/t17-,18+,19-/m0/s1. The first-order valence-corrected chi connectivity index (χ1v) is 11.2. The molecule has 2 heterocycles. The van der Waals surface area contributed by atoms with E-state index in [0.717, 1.165) is 32.1 Å². The molecule has 0 unspecified atom stereocenters. The number of carbonyl (C=O) groups is 1. The highest BCUT2D eigenvalue weighted by atomic mass is 19.1. The van der Waals surface area contributed by atoms with E-state index in [1.807, 2.05) is 6.20 Å². The van der Waals surface area contributed by atoms with Crippen LogP contribution < -0.4 is 10.6 Å². The fourth-order valence-corrected chi connectivity index (χ4v) is 4.49. The molecule has 1 aliphatic carbocycles. The molecular weight excluding hydrogens is 417 g/mol. The number of hydrogen-bond donors (Lipinski definition) is 4. The number of nitrogens with zero attached hydrogens (tertiary/aromatic N) is 3. The Morgan fingerprint density at radius 3 is 2.72 bits per heavy atom. The van der Waals surface area contributed by atoms with Crippen molar-refractivity contribution in [3.05, 3.63) is 42.0 Å². The number of aliphatic hydroxyl groups is 2. The van der Waals surface area contributed by atoms with E-state index < -0.39 is 17.7 Å². The Kier molecular flexibility index (Phi) is 7.02. The van der Waals surface area contributed by atoms with Gasteiger partial charge in [0.25, 0.3) is 0 Å². The molecule has 0 radical (unpaired) electrons. The van der Waals surface area contributed by atoms with E-state index in [0.29, 0.717) is 30.8 Å². The number of amides is 2. The van der Waals surface area contributed by atoms with Crippen LogP contribution in [-0.4, -0.2) is 56.1 Å². The van der Waals surface area contributed by atoms with Crippen molar-refractivity contribution in [1.29, 1.82) is 0 Å².